The lowest BCUT2D eigenvalue weighted by atomic mass is 10.0. The number of aromatic nitrogens is 2. The second kappa shape index (κ2) is 4.27. The van der Waals surface area contributed by atoms with Gasteiger partial charge in [-0.15, -0.1) is 5.10 Å². The Morgan fingerprint density at radius 2 is 2.12 bits per heavy atom. The smallest absolute Gasteiger partial charge is 0.126 e. The minimum Gasteiger partial charge on any atom is -0.383 e. The first-order chi connectivity index (χ1) is 7.59. The van der Waals surface area contributed by atoms with E-state index >= 15 is 0 Å². The SMILES string of the molecule is Cc1cc(C(O)c2snnc2C)ccc1F. The Bertz CT molecular complexity index is 512. The highest BCUT2D eigenvalue weighted by molar-refractivity contribution is 7.05. The van der Waals surface area contributed by atoms with Crippen LogP contribution in [0.25, 0.3) is 0 Å². The molecule has 0 radical (unpaired) electrons. The summed E-state index contributed by atoms with van der Waals surface area (Å²) in [4.78, 5) is 0.700. The summed E-state index contributed by atoms with van der Waals surface area (Å²) in [5.74, 6) is -0.268. The van der Waals surface area contributed by atoms with E-state index in [1.807, 2.05) is 0 Å². The van der Waals surface area contributed by atoms with Gasteiger partial charge in [0.2, 0.25) is 0 Å². The molecule has 5 heteroatoms. The van der Waals surface area contributed by atoms with E-state index in [1.165, 1.54) is 6.07 Å². The molecule has 1 unspecified atom stereocenters. The van der Waals surface area contributed by atoms with Crippen LogP contribution in [0.2, 0.25) is 0 Å². The van der Waals surface area contributed by atoms with Crippen molar-refractivity contribution >= 4 is 11.5 Å². The third kappa shape index (κ3) is 1.96. The average molecular weight is 238 g/mol. The van der Waals surface area contributed by atoms with Crippen LogP contribution in [0.15, 0.2) is 18.2 Å². The lowest BCUT2D eigenvalue weighted by molar-refractivity contribution is 0.223. The molecule has 1 N–H and O–H groups in total. The molecule has 0 aliphatic carbocycles. The van der Waals surface area contributed by atoms with E-state index in [9.17, 15) is 9.50 Å². The Labute approximate surface area is 96.7 Å². The van der Waals surface area contributed by atoms with Gasteiger partial charge in [0, 0.05) is 0 Å². The summed E-state index contributed by atoms with van der Waals surface area (Å²) in [6.07, 6.45) is -0.778. The van der Waals surface area contributed by atoms with Gasteiger partial charge < -0.3 is 5.11 Å². The molecule has 0 bridgehead atoms. The quantitative estimate of drug-likeness (QED) is 0.873. The van der Waals surface area contributed by atoms with Crippen LogP contribution in [-0.2, 0) is 0 Å². The molecule has 0 saturated carbocycles. The van der Waals surface area contributed by atoms with E-state index in [2.05, 4.69) is 9.59 Å². The average Bonchev–Trinajstić information content (AvgIpc) is 2.67. The van der Waals surface area contributed by atoms with Gasteiger partial charge in [-0.05, 0) is 42.6 Å². The number of rotatable bonds is 2. The number of aryl methyl sites for hydroxylation is 2. The summed E-state index contributed by atoms with van der Waals surface area (Å²) >= 11 is 1.16. The van der Waals surface area contributed by atoms with Crippen molar-refractivity contribution in [2.24, 2.45) is 0 Å². The van der Waals surface area contributed by atoms with Gasteiger partial charge >= 0.3 is 0 Å². The van der Waals surface area contributed by atoms with Crippen molar-refractivity contribution < 1.29 is 9.50 Å². The molecule has 3 nitrogen and oxygen atoms in total. The van der Waals surface area contributed by atoms with Gasteiger partial charge in [0.25, 0.3) is 0 Å². The minimum absolute atomic E-state index is 0.268. The van der Waals surface area contributed by atoms with Gasteiger partial charge in [-0.2, -0.15) is 0 Å². The number of hydrogen-bond acceptors (Lipinski definition) is 4. The van der Waals surface area contributed by atoms with Crippen molar-refractivity contribution in [2.45, 2.75) is 20.0 Å². The van der Waals surface area contributed by atoms with E-state index in [4.69, 9.17) is 0 Å². The zero-order valence-electron chi connectivity index (χ0n) is 8.94. The van der Waals surface area contributed by atoms with Gasteiger partial charge in [0.1, 0.15) is 11.9 Å². The third-order valence-corrected chi connectivity index (χ3v) is 3.31. The van der Waals surface area contributed by atoms with Crippen molar-refractivity contribution in [1.29, 1.82) is 0 Å². The van der Waals surface area contributed by atoms with Gasteiger partial charge in [-0.3, -0.25) is 0 Å². The number of nitrogens with zero attached hydrogens (tertiary/aromatic N) is 2. The van der Waals surface area contributed by atoms with Crippen LogP contribution >= 0.6 is 11.5 Å². The molecule has 2 rings (SSSR count). The molecule has 0 fully saturated rings. The molecular weight excluding hydrogens is 227 g/mol. The molecule has 1 aromatic carbocycles. The fourth-order valence-electron chi connectivity index (χ4n) is 1.48. The second-order valence-corrected chi connectivity index (χ2v) is 4.42. The Balaban J connectivity index is 2.38. The molecule has 1 atom stereocenters. The first-order valence-corrected chi connectivity index (χ1v) is 5.60. The fraction of sp³-hybridized carbons (Fsp3) is 0.273. The summed E-state index contributed by atoms with van der Waals surface area (Å²) in [6, 6.07) is 4.57. The van der Waals surface area contributed by atoms with Gasteiger partial charge in [0.15, 0.2) is 0 Å². The van der Waals surface area contributed by atoms with E-state index in [-0.39, 0.29) is 5.82 Å². The lowest BCUT2D eigenvalue weighted by Gasteiger charge is -2.10. The highest BCUT2D eigenvalue weighted by atomic mass is 32.1. The minimum atomic E-state index is -0.778. The van der Waals surface area contributed by atoms with Crippen LogP contribution in [0, 0.1) is 19.7 Å². The van der Waals surface area contributed by atoms with Gasteiger partial charge in [-0.25, -0.2) is 4.39 Å². The van der Waals surface area contributed by atoms with Crippen LogP contribution in [0.3, 0.4) is 0 Å². The number of aliphatic hydroxyl groups excluding tert-OH is 1. The third-order valence-electron chi connectivity index (χ3n) is 2.43. The normalized spacial score (nSPS) is 12.8. The number of hydrogen-bond donors (Lipinski definition) is 1. The Kier molecular flexibility index (Phi) is 2.98. The van der Waals surface area contributed by atoms with Crippen molar-refractivity contribution in [2.75, 3.05) is 0 Å². The van der Waals surface area contributed by atoms with Crippen LogP contribution < -0.4 is 0 Å². The molecule has 1 heterocycles. The maximum absolute atomic E-state index is 13.1. The fourth-order valence-corrected chi connectivity index (χ4v) is 2.14. The van der Waals surface area contributed by atoms with Crippen molar-refractivity contribution in [3.63, 3.8) is 0 Å². The standard InChI is InChI=1S/C11H11FN2OS/c1-6-5-8(3-4-9(6)12)10(15)11-7(2)13-14-16-11/h3-5,10,15H,1-2H3. The van der Waals surface area contributed by atoms with E-state index in [1.54, 1.807) is 26.0 Å². The van der Waals surface area contributed by atoms with Crippen molar-refractivity contribution in [1.82, 2.24) is 9.59 Å². The molecular formula is C11H11FN2OS. The number of benzene rings is 1. The zero-order valence-corrected chi connectivity index (χ0v) is 9.75. The lowest BCUT2D eigenvalue weighted by Crippen LogP contribution is -2.00. The maximum Gasteiger partial charge on any atom is 0.126 e. The van der Waals surface area contributed by atoms with Crippen molar-refractivity contribution in [3.8, 4) is 0 Å². The van der Waals surface area contributed by atoms with Gasteiger partial charge in [-0.1, -0.05) is 16.6 Å². The molecule has 84 valence electrons. The monoisotopic (exact) mass is 238 g/mol. The Hall–Kier alpha value is -1.33. The highest BCUT2D eigenvalue weighted by Crippen LogP contribution is 2.27. The van der Waals surface area contributed by atoms with E-state index in [0.29, 0.717) is 21.7 Å². The van der Waals surface area contributed by atoms with Crippen molar-refractivity contribution in [3.05, 3.63) is 45.7 Å². The molecule has 1 aromatic heterocycles. The van der Waals surface area contributed by atoms with Crippen LogP contribution in [-0.4, -0.2) is 14.7 Å². The predicted molar refractivity (Wildman–Crippen MR) is 59.8 cm³/mol. The number of aliphatic hydroxyl groups is 1. The van der Waals surface area contributed by atoms with E-state index in [0.717, 1.165) is 11.5 Å². The summed E-state index contributed by atoms with van der Waals surface area (Å²) in [6.45, 7) is 3.46. The summed E-state index contributed by atoms with van der Waals surface area (Å²) in [7, 11) is 0. The second-order valence-electron chi connectivity index (χ2n) is 3.63. The molecule has 0 amide bonds. The largest absolute Gasteiger partial charge is 0.383 e. The topological polar surface area (TPSA) is 46.0 Å². The first kappa shape index (κ1) is 11.2. The first-order valence-electron chi connectivity index (χ1n) is 4.82. The molecule has 16 heavy (non-hydrogen) atoms. The molecule has 0 aliphatic rings. The summed E-state index contributed by atoms with van der Waals surface area (Å²) < 4.78 is 16.8. The van der Waals surface area contributed by atoms with Crippen LogP contribution in [0.1, 0.15) is 27.8 Å². The summed E-state index contributed by atoms with van der Waals surface area (Å²) in [5, 5.41) is 13.9. The zero-order chi connectivity index (χ0) is 11.7. The molecule has 0 spiro atoms. The van der Waals surface area contributed by atoms with Crippen LogP contribution in [0.4, 0.5) is 4.39 Å². The van der Waals surface area contributed by atoms with E-state index < -0.39 is 6.10 Å². The molecule has 2 aromatic rings. The molecule has 0 saturated heterocycles. The Morgan fingerprint density at radius 1 is 1.38 bits per heavy atom. The maximum atomic E-state index is 13.1. The summed E-state index contributed by atoms with van der Waals surface area (Å²) in [5.41, 5.74) is 1.89. The predicted octanol–water partition coefficient (Wildman–Crippen LogP) is 2.38. The highest BCUT2D eigenvalue weighted by Gasteiger charge is 2.16. The number of halogens is 1. The molecule has 0 aliphatic heterocycles. The Morgan fingerprint density at radius 3 is 2.69 bits per heavy atom. The van der Waals surface area contributed by atoms with Crippen LogP contribution in [0.5, 0.6) is 0 Å². The van der Waals surface area contributed by atoms with Gasteiger partial charge in [0.05, 0.1) is 10.6 Å².